The Kier molecular flexibility index (Phi) is 2.33. The van der Waals surface area contributed by atoms with Gasteiger partial charge in [0.15, 0.2) is 0 Å². The number of nitrogens with two attached hydrogens (primary N) is 1. The van der Waals surface area contributed by atoms with Crippen LogP contribution < -0.4 is 11.2 Å². The van der Waals surface area contributed by atoms with Gasteiger partial charge in [-0.15, -0.1) is 0 Å². The zero-order valence-corrected chi connectivity index (χ0v) is 8.47. The van der Waals surface area contributed by atoms with Gasteiger partial charge in [-0.3, -0.25) is 9.47 Å². The van der Waals surface area contributed by atoms with E-state index in [0.717, 1.165) is 10.9 Å². The lowest BCUT2D eigenvalue weighted by Gasteiger charge is -2.13. The maximum atomic E-state index is 10.9. The number of nitrogens with zero attached hydrogens (tertiary/aromatic N) is 1. The normalized spacial score (nSPS) is 12.6. The van der Waals surface area contributed by atoms with E-state index in [1.807, 2.05) is 41.2 Å². The maximum absolute atomic E-state index is 10.9. The van der Waals surface area contributed by atoms with Crippen molar-refractivity contribution in [2.45, 2.75) is 13.0 Å². The molecule has 0 saturated heterocycles. The molecule has 2 rings (SSSR count). The summed E-state index contributed by atoms with van der Waals surface area (Å²) in [6.07, 6.45) is 1.88. The molecule has 0 radical (unpaired) electrons. The van der Waals surface area contributed by atoms with E-state index in [4.69, 9.17) is 5.73 Å². The van der Waals surface area contributed by atoms with Gasteiger partial charge in [0.05, 0.1) is 5.52 Å². The summed E-state index contributed by atoms with van der Waals surface area (Å²) in [5.41, 5.74) is 9.22. The molecule has 0 aliphatic carbocycles. The average Bonchev–Trinajstić information content (AvgIpc) is 2.62. The Morgan fingerprint density at radius 3 is 2.87 bits per heavy atom. The van der Waals surface area contributed by atoms with E-state index < -0.39 is 0 Å². The van der Waals surface area contributed by atoms with Crippen molar-refractivity contribution in [1.29, 1.82) is 0 Å². The fraction of sp³-hybridized carbons (Fsp3) is 0.182. The smallest absolute Gasteiger partial charge is 0.241 e. The van der Waals surface area contributed by atoms with Gasteiger partial charge in [0, 0.05) is 11.6 Å². The van der Waals surface area contributed by atoms with Gasteiger partial charge in [-0.25, -0.2) is 0 Å². The lowest BCUT2D eigenvalue weighted by atomic mass is 10.2. The average molecular weight is 203 g/mol. The second kappa shape index (κ2) is 3.65. The van der Waals surface area contributed by atoms with Crippen molar-refractivity contribution in [2.75, 3.05) is 5.43 Å². The molecule has 1 aromatic carbocycles. The third-order valence-electron chi connectivity index (χ3n) is 2.36. The lowest BCUT2D eigenvalue weighted by Crippen LogP contribution is -2.36. The monoisotopic (exact) mass is 203 g/mol. The van der Waals surface area contributed by atoms with Crippen molar-refractivity contribution in [3.05, 3.63) is 36.5 Å². The highest BCUT2D eigenvalue weighted by Gasteiger charge is 2.08. The van der Waals surface area contributed by atoms with Crippen LogP contribution in [-0.2, 0) is 4.79 Å². The van der Waals surface area contributed by atoms with E-state index in [0.29, 0.717) is 0 Å². The minimum absolute atomic E-state index is 0.368. The summed E-state index contributed by atoms with van der Waals surface area (Å²) in [7, 11) is 0. The molecule has 0 aliphatic rings. The van der Waals surface area contributed by atoms with Crippen LogP contribution in [0.3, 0.4) is 0 Å². The fourth-order valence-electron chi connectivity index (χ4n) is 1.47. The first-order chi connectivity index (χ1) is 7.18. The third kappa shape index (κ3) is 1.79. The SMILES string of the molecule is CC(Nn1ccc2ccccc21)C(N)=O. The number of rotatable bonds is 3. The number of carbonyl (C=O) groups is 1. The minimum atomic E-state index is -0.388. The predicted molar refractivity (Wildman–Crippen MR) is 60.0 cm³/mol. The molecule has 1 amide bonds. The Labute approximate surface area is 87.6 Å². The first kappa shape index (κ1) is 9.58. The number of primary amides is 1. The number of aromatic nitrogens is 1. The topological polar surface area (TPSA) is 60.1 Å². The number of para-hydroxylation sites is 1. The van der Waals surface area contributed by atoms with Crippen LogP contribution in [0.15, 0.2) is 36.5 Å². The van der Waals surface area contributed by atoms with Crippen molar-refractivity contribution in [3.63, 3.8) is 0 Å². The Hall–Kier alpha value is -1.97. The lowest BCUT2D eigenvalue weighted by molar-refractivity contribution is -0.118. The Balaban J connectivity index is 2.32. The largest absolute Gasteiger partial charge is 0.368 e. The van der Waals surface area contributed by atoms with Crippen LogP contribution >= 0.6 is 0 Å². The molecule has 3 N–H and O–H groups in total. The van der Waals surface area contributed by atoms with Crippen LogP contribution in [0, 0.1) is 0 Å². The standard InChI is InChI=1S/C11H13N3O/c1-8(11(12)15)13-14-7-6-9-4-2-3-5-10(9)14/h2-8,13H,1H3,(H2,12,15). The minimum Gasteiger partial charge on any atom is -0.368 e. The number of hydrogen-bond donors (Lipinski definition) is 2. The van der Waals surface area contributed by atoms with Gasteiger partial charge in [-0.1, -0.05) is 18.2 Å². The quantitative estimate of drug-likeness (QED) is 0.783. The van der Waals surface area contributed by atoms with Crippen molar-refractivity contribution < 1.29 is 4.79 Å². The number of amides is 1. The van der Waals surface area contributed by atoms with Gasteiger partial charge in [-0.2, -0.15) is 0 Å². The Morgan fingerprint density at radius 1 is 1.40 bits per heavy atom. The number of nitrogens with one attached hydrogen (secondary N) is 1. The summed E-state index contributed by atoms with van der Waals surface area (Å²) in [5.74, 6) is -0.368. The summed E-state index contributed by atoms with van der Waals surface area (Å²) in [4.78, 5) is 10.9. The number of carbonyl (C=O) groups excluding carboxylic acids is 1. The Morgan fingerprint density at radius 2 is 2.13 bits per heavy atom. The zero-order chi connectivity index (χ0) is 10.8. The highest BCUT2D eigenvalue weighted by molar-refractivity contribution is 5.83. The highest BCUT2D eigenvalue weighted by Crippen LogP contribution is 2.13. The van der Waals surface area contributed by atoms with E-state index in [2.05, 4.69) is 5.43 Å². The summed E-state index contributed by atoms with van der Waals surface area (Å²) in [6.45, 7) is 1.73. The molecule has 1 atom stereocenters. The van der Waals surface area contributed by atoms with Gasteiger partial charge in [0.25, 0.3) is 0 Å². The molecule has 78 valence electrons. The number of hydrogen-bond acceptors (Lipinski definition) is 2. The van der Waals surface area contributed by atoms with Crippen molar-refractivity contribution in [3.8, 4) is 0 Å². The first-order valence-corrected chi connectivity index (χ1v) is 4.80. The van der Waals surface area contributed by atoms with E-state index in [9.17, 15) is 4.79 Å². The zero-order valence-electron chi connectivity index (χ0n) is 8.47. The molecule has 4 nitrogen and oxygen atoms in total. The molecule has 0 aliphatic heterocycles. The summed E-state index contributed by atoms with van der Waals surface area (Å²) < 4.78 is 1.81. The van der Waals surface area contributed by atoms with Gasteiger partial charge in [-0.05, 0) is 19.1 Å². The highest BCUT2D eigenvalue weighted by atomic mass is 16.1. The van der Waals surface area contributed by atoms with Crippen LogP contribution in [0.1, 0.15) is 6.92 Å². The number of benzene rings is 1. The molecule has 1 unspecified atom stereocenters. The molecule has 15 heavy (non-hydrogen) atoms. The summed E-state index contributed by atoms with van der Waals surface area (Å²) in [5, 5.41) is 1.13. The van der Waals surface area contributed by atoms with Gasteiger partial charge in [0.1, 0.15) is 6.04 Å². The maximum Gasteiger partial charge on any atom is 0.241 e. The molecule has 0 bridgehead atoms. The van der Waals surface area contributed by atoms with Crippen molar-refractivity contribution in [1.82, 2.24) is 4.68 Å². The predicted octanol–water partition coefficient (Wildman–Crippen LogP) is 1.06. The molecular weight excluding hydrogens is 190 g/mol. The van der Waals surface area contributed by atoms with Crippen LogP contribution in [-0.4, -0.2) is 16.6 Å². The second-order valence-electron chi connectivity index (χ2n) is 3.50. The molecular formula is C11H13N3O. The molecule has 1 heterocycles. The summed E-state index contributed by atoms with van der Waals surface area (Å²) in [6, 6.07) is 9.52. The van der Waals surface area contributed by atoms with Crippen LogP contribution in [0.25, 0.3) is 10.9 Å². The van der Waals surface area contributed by atoms with Crippen molar-refractivity contribution >= 4 is 16.8 Å². The van der Waals surface area contributed by atoms with E-state index >= 15 is 0 Å². The van der Waals surface area contributed by atoms with E-state index in [1.165, 1.54) is 0 Å². The molecule has 0 saturated carbocycles. The van der Waals surface area contributed by atoms with Gasteiger partial charge >= 0.3 is 0 Å². The second-order valence-corrected chi connectivity index (χ2v) is 3.50. The van der Waals surface area contributed by atoms with Gasteiger partial charge in [0.2, 0.25) is 5.91 Å². The summed E-state index contributed by atoms with van der Waals surface area (Å²) >= 11 is 0. The third-order valence-corrected chi connectivity index (χ3v) is 2.36. The Bertz CT molecular complexity index is 489. The molecule has 0 spiro atoms. The molecule has 0 fully saturated rings. The molecule has 4 heteroatoms. The molecule has 1 aromatic heterocycles. The molecule has 2 aromatic rings. The van der Waals surface area contributed by atoms with E-state index in [1.54, 1.807) is 6.92 Å². The van der Waals surface area contributed by atoms with Crippen molar-refractivity contribution in [2.24, 2.45) is 5.73 Å². The number of fused-ring (bicyclic) bond motifs is 1. The van der Waals surface area contributed by atoms with E-state index in [-0.39, 0.29) is 11.9 Å². The van der Waals surface area contributed by atoms with Crippen LogP contribution in [0.4, 0.5) is 0 Å². The van der Waals surface area contributed by atoms with Gasteiger partial charge < -0.3 is 11.2 Å². The van der Waals surface area contributed by atoms with Crippen LogP contribution in [0.2, 0.25) is 0 Å². The first-order valence-electron chi connectivity index (χ1n) is 4.80. The van der Waals surface area contributed by atoms with Crippen LogP contribution in [0.5, 0.6) is 0 Å². The fourth-order valence-corrected chi connectivity index (χ4v) is 1.47.